The molecule has 0 radical (unpaired) electrons. The maximum atomic E-state index is 11.8. The minimum absolute atomic E-state index is 0.0327. The first-order chi connectivity index (χ1) is 7.99. The second-order valence-corrected chi connectivity index (χ2v) is 3.85. The summed E-state index contributed by atoms with van der Waals surface area (Å²) < 4.78 is 35.5. The Labute approximate surface area is 98.5 Å². The van der Waals surface area contributed by atoms with Gasteiger partial charge < -0.3 is 10.4 Å². The van der Waals surface area contributed by atoms with Gasteiger partial charge in [-0.2, -0.15) is 13.2 Å². The van der Waals surface area contributed by atoms with E-state index in [1.165, 1.54) is 0 Å². The molecule has 0 saturated carbocycles. The predicted octanol–water partition coefficient (Wildman–Crippen LogP) is 2.65. The summed E-state index contributed by atoms with van der Waals surface area (Å²) in [6.45, 7) is 0.519. The van der Waals surface area contributed by atoms with E-state index in [2.05, 4.69) is 5.32 Å². The third kappa shape index (κ3) is 6.28. The number of hydrogen-bond donors (Lipinski definition) is 2. The van der Waals surface area contributed by atoms with Gasteiger partial charge in [-0.05, 0) is 18.5 Å². The van der Waals surface area contributed by atoms with Crippen molar-refractivity contribution < 1.29 is 18.3 Å². The fourth-order valence-corrected chi connectivity index (χ4v) is 1.45. The molecule has 1 aromatic rings. The highest BCUT2D eigenvalue weighted by Crippen LogP contribution is 2.20. The molecule has 1 aromatic carbocycles. The lowest BCUT2D eigenvalue weighted by Gasteiger charge is -2.12. The van der Waals surface area contributed by atoms with Crippen LogP contribution in [0.4, 0.5) is 13.2 Å². The Balaban J connectivity index is 2.15. The zero-order chi connectivity index (χ0) is 12.7. The number of alkyl halides is 3. The van der Waals surface area contributed by atoms with Crippen molar-refractivity contribution >= 4 is 0 Å². The highest BCUT2D eigenvalue weighted by molar-refractivity contribution is 5.17. The molecule has 0 bridgehead atoms. The van der Waals surface area contributed by atoms with Crippen LogP contribution in [0.15, 0.2) is 30.3 Å². The van der Waals surface area contributed by atoms with Crippen LogP contribution in [0.5, 0.6) is 0 Å². The van der Waals surface area contributed by atoms with Gasteiger partial charge in [-0.3, -0.25) is 0 Å². The monoisotopic (exact) mass is 247 g/mol. The lowest BCUT2D eigenvalue weighted by atomic mass is 10.1. The molecule has 2 N–H and O–H groups in total. The molecule has 0 fully saturated rings. The van der Waals surface area contributed by atoms with E-state index in [9.17, 15) is 18.3 Å². The quantitative estimate of drug-likeness (QED) is 0.757. The Morgan fingerprint density at radius 3 is 2.41 bits per heavy atom. The van der Waals surface area contributed by atoms with Gasteiger partial charge in [-0.15, -0.1) is 0 Å². The van der Waals surface area contributed by atoms with Crippen LogP contribution < -0.4 is 5.32 Å². The van der Waals surface area contributed by atoms with E-state index in [0.717, 1.165) is 5.56 Å². The van der Waals surface area contributed by atoms with E-state index in [4.69, 9.17) is 0 Å². The summed E-state index contributed by atoms with van der Waals surface area (Å²) in [5.74, 6) is 0. The third-order valence-electron chi connectivity index (χ3n) is 2.34. The van der Waals surface area contributed by atoms with E-state index in [-0.39, 0.29) is 19.5 Å². The number of hydrogen-bond acceptors (Lipinski definition) is 2. The molecule has 5 heteroatoms. The molecule has 17 heavy (non-hydrogen) atoms. The van der Waals surface area contributed by atoms with Gasteiger partial charge >= 0.3 is 6.18 Å². The van der Waals surface area contributed by atoms with Crippen LogP contribution in [-0.4, -0.2) is 24.4 Å². The lowest BCUT2D eigenvalue weighted by Crippen LogP contribution is -2.23. The van der Waals surface area contributed by atoms with Crippen LogP contribution >= 0.6 is 0 Å². The first-order valence-electron chi connectivity index (χ1n) is 5.49. The zero-order valence-electron chi connectivity index (χ0n) is 9.37. The molecule has 0 aliphatic carbocycles. The minimum atomic E-state index is -4.10. The van der Waals surface area contributed by atoms with E-state index >= 15 is 0 Å². The molecule has 2 nitrogen and oxygen atoms in total. The van der Waals surface area contributed by atoms with Gasteiger partial charge in [0.1, 0.15) is 0 Å². The summed E-state index contributed by atoms with van der Waals surface area (Å²) in [6, 6.07) is 9.02. The molecule has 0 heterocycles. The van der Waals surface area contributed by atoms with Gasteiger partial charge in [0.15, 0.2) is 0 Å². The standard InChI is InChI=1S/C12H16F3NO/c13-12(14,15)7-4-8-16-9-11(17)10-5-2-1-3-6-10/h1-3,5-6,11,16-17H,4,7-9H2. The molecule has 0 saturated heterocycles. The number of aliphatic hydroxyl groups is 1. The summed E-state index contributed by atoms with van der Waals surface area (Å²) in [5.41, 5.74) is 0.760. The second kappa shape index (κ2) is 6.61. The molecule has 1 unspecified atom stereocenters. The Hall–Kier alpha value is -1.07. The molecule has 0 aromatic heterocycles. The van der Waals surface area contributed by atoms with Crippen molar-refractivity contribution in [3.63, 3.8) is 0 Å². The van der Waals surface area contributed by atoms with Crippen molar-refractivity contribution in [2.45, 2.75) is 25.1 Å². The predicted molar refractivity (Wildman–Crippen MR) is 59.6 cm³/mol. The largest absolute Gasteiger partial charge is 0.389 e. The summed E-state index contributed by atoms with van der Waals surface area (Å²) in [6.07, 6.45) is -5.53. The average molecular weight is 247 g/mol. The van der Waals surface area contributed by atoms with Crippen molar-refractivity contribution in [2.24, 2.45) is 0 Å². The van der Waals surface area contributed by atoms with Gasteiger partial charge in [0.2, 0.25) is 0 Å². The van der Waals surface area contributed by atoms with Gasteiger partial charge in [-0.1, -0.05) is 30.3 Å². The number of benzene rings is 1. The van der Waals surface area contributed by atoms with E-state index in [1.807, 2.05) is 18.2 Å². The molecule has 0 spiro atoms. The van der Waals surface area contributed by atoms with Crippen molar-refractivity contribution in [1.29, 1.82) is 0 Å². The topological polar surface area (TPSA) is 32.3 Å². The smallest absolute Gasteiger partial charge is 0.387 e. The molecule has 0 aliphatic heterocycles. The van der Waals surface area contributed by atoms with Crippen LogP contribution in [0, 0.1) is 0 Å². The Kier molecular flexibility index (Phi) is 5.44. The average Bonchev–Trinajstić information content (AvgIpc) is 2.28. The Morgan fingerprint density at radius 1 is 1.18 bits per heavy atom. The van der Waals surface area contributed by atoms with Gasteiger partial charge in [-0.25, -0.2) is 0 Å². The highest BCUT2D eigenvalue weighted by atomic mass is 19.4. The first-order valence-corrected chi connectivity index (χ1v) is 5.49. The second-order valence-electron chi connectivity index (χ2n) is 3.85. The number of rotatable bonds is 6. The Morgan fingerprint density at radius 2 is 1.82 bits per heavy atom. The van der Waals surface area contributed by atoms with Gasteiger partial charge in [0, 0.05) is 13.0 Å². The van der Waals surface area contributed by atoms with Crippen molar-refractivity contribution in [3.8, 4) is 0 Å². The molecule has 1 atom stereocenters. The SMILES string of the molecule is OC(CNCCCC(F)(F)F)c1ccccc1. The molecular weight excluding hydrogens is 231 g/mol. The zero-order valence-corrected chi connectivity index (χ0v) is 9.37. The fourth-order valence-electron chi connectivity index (χ4n) is 1.45. The van der Waals surface area contributed by atoms with Crippen LogP contribution in [0.1, 0.15) is 24.5 Å². The van der Waals surface area contributed by atoms with Crippen LogP contribution in [0.3, 0.4) is 0 Å². The third-order valence-corrected chi connectivity index (χ3v) is 2.34. The summed E-state index contributed by atoms with van der Waals surface area (Å²) in [7, 11) is 0. The highest BCUT2D eigenvalue weighted by Gasteiger charge is 2.25. The normalized spacial score (nSPS) is 13.6. The molecule has 96 valence electrons. The number of nitrogens with one attached hydrogen (secondary N) is 1. The fraction of sp³-hybridized carbons (Fsp3) is 0.500. The lowest BCUT2D eigenvalue weighted by molar-refractivity contribution is -0.135. The summed E-state index contributed by atoms with van der Waals surface area (Å²) in [4.78, 5) is 0. The summed E-state index contributed by atoms with van der Waals surface area (Å²) >= 11 is 0. The van der Waals surface area contributed by atoms with Crippen LogP contribution in [0.25, 0.3) is 0 Å². The van der Waals surface area contributed by atoms with Gasteiger partial charge in [0.25, 0.3) is 0 Å². The van der Waals surface area contributed by atoms with Crippen LogP contribution in [-0.2, 0) is 0 Å². The van der Waals surface area contributed by atoms with E-state index < -0.39 is 18.7 Å². The van der Waals surface area contributed by atoms with E-state index in [0.29, 0.717) is 0 Å². The molecular formula is C12H16F3NO. The van der Waals surface area contributed by atoms with Crippen molar-refractivity contribution in [1.82, 2.24) is 5.32 Å². The number of halogens is 3. The van der Waals surface area contributed by atoms with Crippen LogP contribution in [0.2, 0.25) is 0 Å². The minimum Gasteiger partial charge on any atom is -0.387 e. The Bertz CT molecular complexity index is 313. The van der Waals surface area contributed by atoms with Crippen molar-refractivity contribution in [3.05, 3.63) is 35.9 Å². The van der Waals surface area contributed by atoms with Crippen molar-refractivity contribution in [2.75, 3.05) is 13.1 Å². The molecule has 1 rings (SSSR count). The molecule has 0 amide bonds. The van der Waals surface area contributed by atoms with E-state index in [1.54, 1.807) is 12.1 Å². The summed E-state index contributed by atoms with van der Waals surface area (Å²) in [5, 5.41) is 12.5. The maximum Gasteiger partial charge on any atom is 0.389 e. The maximum absolute atomic E-state index is 11.8. The number of aliphatic hydroxyl groups excluding tert-OH is 1. The molecule has 0 aliphatic rings. The van der Waals surface area contributed by atoms with Gasteiger partial charge in [0.05, 0.1) is 6.10 Å². The first kappa shape index (κ1) is 14.0.